The highest BCUT2D eigenvalue weighted by Crippen LogP contribution is 2.36. The molecule has 0 saturated carbocycles. The maximum absolute atomic E-state index is 13.5. The Morgan fingerprint density at radius 2 is 1.89 bits per heavy atom. The number of fused-ring (bicyclic) bond motifs is 2. The molecule has 44 heavy (non-hydrogen) atoms. The number of hydrogen-bond acceptors (Lipinski definition) is 8. The van der Waals surface area contributed by atoms with Crippen LogP contribution in [0.2, 0.25) is 5.02 Å². The Morgan fingerprint density at radius 3 is 2.68 bits per heavy atom. The summed E-state index contributed by atoms with van der Waals surface area (Å²) in [5.74, 6) is -1.18. The highest BCUT2D eigenvalue weighted by molar-refractivity contribution is 6.32. The average molecular weight is 612 g/mol. The topological polar surface area (TPSA) is 142 Å². The second-order valence-corrected chi connectivity index (χ2v) is 9.83. The zero-order chi connectivity index (χ0) is 30.8. The van der Waals surface area contributed by atoms with Crippen LogP contribution in [-0.2, 0) is 4.79 Å². The van der Waals surface area contributed by atoms with Gasteiger partial charge in [0.1, 0.15) is 11.4 Å². The van der Waals surface area contributed by atoms with Crippen LogP contribution in [-0.4, -0.2) is 33.3 Å². The maximum atomic E-state index is 13.5. The van der Waals surface area contributed by atoms with Crippen molar-refractivity contribution in [3.8, 4) is 17.3 Å². The van der Waals surface area contributed by atoms with Crippen LogP contribution in [0.15, 0.2) is 105 Å². The molecular formula is C31H19ClFN5O6. The van der Waals surface area contributed by atoms with E-state index in [1.165, 1.54) is 30.5 Å². The molecule has 0 atom stereocenters. The molecule has 2 heterocycles. The number of nitro benzene ring substituents is 1. The summed E-state index contributed by atoms with van der Waals surface area (Å²) in [7, 11) is 0. The van der Waals surface area contributed by atoms with Gasteiger partial charge in [-0.3, -0.25) is 19.7 Å². The van der Waals surface area contributed by atoms with Crippen molar-refractivity contribution in [3.05, 3.63) is 128 Å². The van der Waals surface area contributed by atoms with Crippen LogP contribution in [0.5, 0.6) is 5.75 Å². The number of amides is 1. The van der Waals surface area contributed by atoms with E-state index in [2.05, 4.69) is 15.4 Å². The molecule has 0 spiro atoms. The Hall–Kier alpha value is -5.88. The molecule has 11 nitrogen and oxygen atoms in total. The number of para-hydroxylation sites is 2. The molecule has 13 heteroatoms. The van der Waals surface area contributed by atoms with Crippen LogP contribution < -0.4 is 15.6 Å². The Morgan fingerprint density at radius 1 is 1.09 bits per heavy atom. The summed E-state index contributed by atoms with van der Waals surface area (Å²) in [4.78, 5) is 41.6. The van der Waals surface area contributed by atoms with Gasteiger partial charge in [-0.05, 0) is 48.5 Å². The van der Waals surface area contributed by atoms with E-state index in [1.807, 2.05) is 18.2 Å². The molecule has 6 rings (SSSR count). The van der Waals surface area contributed by atoms with Gasteiger partial charge < -0.3 is 14.5 Å². The number of nitrogens with one attached hydrogen (secondary N) is 1. The molecule has 2 aromatic heterocycles. The predicted octanol–water partition coefficient (Wildman–Crippen LogP) is 6.41. The first-order chi connectivity index (χ1) is 21.3. The molecule has 0 bridgehead atoms. The van der Waals surface area contributed by atoms with Gasteiger partial charge in [0.15, 0.2) is 12.4 Å². The lowest BCUT2D eigenvalue weighted by atomic mass is 10.2. The van der Waals surface area contributed by atoms with Crippen LogP contribution in [0, 0.1) is 15.9 Å². The van der Waals surface area contributed by atoms with Gasteiger partial charge in [0.25, 0.3) is 11.5 Å². The van der Waals surface area contributed by atoms with E-state index < -0.39 is 34.5 Å². The normalized spacial score (nSPS) is 11.3. The van der Waals surface area contributed by atoms with E-state index >= 15 is 0 Å². The number of carbonyl (C=O) groups is 1. The van der Waals surface area contributed by atoms with E-state index in [-0.39, 0.29) is 33.6 Å². The molecule has 0 aliphatic heterocycles. The number of ether oxygens (including phenoxy) is 1. The summed E-state index contributed by atoms with van der Waals surface area (Å²) in [6.45, 7) is -0.635. The minimum absolute atomic E-state index is 0.117. The summed E-state index contributed by atoms with van der Waals surface area (Å²) in [5.41, 5.74) is 0.329. The van der Waals surface area contributed by atoms with Gasteiger partial charge in [-0.1, -0.05) is 48.0 Å². The van der Waals surface area contributed by atoms with Crippen molar-refractivity contribution < 1.29 is 23.3 Å². The lowest BCUT2D eigenvalue weighted by Gasteiger charge is -2.10. The monoisotopic (exact) mass is 611 g/mol. The quantitative estimate of drug-likeness (QED) is 0.119. The fraction of sp³-hybridized carbons (Fsp3) is 0.0323. The molecule has 0 aliphatic rings. The molecule has 4 aromatic carbocycles. The third-order valence-corrected chi connectivity index (χ3v) is 6.70. The number of aromatic nitrogens is 2. The van der Waals surface area contributed by atoms with Gasteiger partial charge in [-0.2, -0.15) is 9.78 Å². The van der Waals surface area contributed by atoms with Crippen molar-refractivity contribution in [1.29, 1.82) is 0 Å². The molecule has 0 saturated heterocycles. The van der Waals surface area contributed by atoms with Crippen LogP contribution in [0.3, 0.4) is 0 Å². The molecular weight excluding hydrogens is 593 g/mol. The van der Waals surface area contributed by atoms with Crippen LogP contribution in [0.4, 0.5) is 15.8 Å². The fourth-order valence-electron chi connectivity index (χ4n) is 4.46. The zero-order valence-corrected chi connectivity index (χ0v) is 23.2. The number of halogens is 2. The SMILES string of the molecule is O=C(COc1c(Cl)cc(C=Nn2c(-c3cc4ccccc4o3)nc3ccccc3c2=O)cc1[N+](=O)[O-])Nc1cccc(F)c1. The first-order valence-electron chi connectivity index (χ1n) is 13.0. The minimum Gasteiger partial charge on any atom is -0.476 e. The van der Waals surface area contributed by atoms with Crippen LogP contribution >= 0.6 is 11.6 Å². The summed E-state index contributed by atoms with van der Waals surface area (Å²) in [6, 6.07) is 23.4. The first-order valence-corrected chi connectivity index (χ1v) is 13.4. The largest absolute Gasteiger partial charge is 0.476 e. The summed E-state index contributed by atoms with van der Waals surface area (Å²) >= 11 is 6.34. The van der Waals surface area contributed by atoms with Crippen molar-refractivity contribution in [3.63, 3.8) is 0 Å². The fourth-order valence-corrected chi connectivity index (χ4v) is 4.74. The molecule has 1 N–H and O–H groups in total. The van der Waals surface area contributed by atoms with E-state index in [9.17, 15) is 24.1 Å². The smallest absolute Gasteiger partial charge is 0.313 e. The molecule has 0 unspecified atom stereocenters. The number of hydrogen-bond donors (Lipinski definition) is 1. The Kier molecular flexibility index (Phi) is 7.56. The predicted molar refractivity (Wildman–Crippen MR) is 163 cm³/mol. The van der Waals surface area contributed by atoms with Crippen LogP contribution in [0.25, 0.3) is 33.5 Å². The standard InChI is InChI=1S/C31H19ClFN5O6/c32-23-12-18(13-25(38(41)42)29(23)43-17-28(39)35-21-8-5-7-20(33)15-21)16-34-37-30(27-14-19-6-1-4-11-26(19)44-27)36-24-10-3-2-9-22(24)31(37)40/h1-16H,17H2,(H,35,39). The van der Waals surface area contributed by atoms with Crippen molar-refractivity contribution >= 4 is 57.0 Å². The van der Waals surface area contributed by atoms with E-state index in [0.29, 0.717) is 16.5 Å². The Balaban J connectivity index is 1.33. The van der Waals surface area contributed by atoms with E-state index in [1.54, 1.807) is 36.4 Å². The van der Waals surface area contributed by atoms with Gasteiger partial charge in [-0.15, -0.1) is 0 Å². The van der Waals surface area contributed by atoms with Crippen molar-refractivity contribution in [2.24, 2.45) is 5.10 Å². The second-order valence-electron chi connectivity index (χ2n) is 9.42. The van der Waals surface area contributed by atoms with Gasteiger partial charge in [0.05, 0.1) is 27.1 Å². The molecule has 0 fully saturated rings. The number of benzene rings is 4. The molecule has 6 aromatic rings. The summed E-state index contributed by atoms with van der Waals surface area (Å²) in [6.07, 6.45) is 1.21. The molecule has 0 aliphatic carbocycles. The maximum Gasteiger partial charge on any atom is 0.313 e. The number of carbonyl (C=O) groups excluding carboxylic acids is 1. The Labute approximate surface area is 251 Å². The lowest BCUT2D eigenvalue weighted by molar-refractivity contribution is -0.385. The van der Waals surface area contributed by atoms with Gasteiger partial charge in [0.2, 0.25) is 11.6 Å². The first kappa shape index (κ1) is 28.2. The number of furan rings is 1. The van der Waals surface area contributed by atoms with Crippen molar-refractivity contribution in [1.82, 2.24) is 9.66 Å². The third kappa shape index (κ3) is 5.74. The van der Waals surface area contributed by atoms with Gasteiger partial charge in [-0.25, -0.2) is 9.37 Å². The van der Waals surface area contributed by atoms with Crippen molar-refractivity contribution in [2.75, 3.05) is 11.9 Å². The second kappa shape index (κ2) is 11.8. The van der Waals surface area contributed by atoms with Gasteiger partial charge in [0, 0.05) is 22.7 Å². The van der Waals surface area contributed by atoms with E-state index in [0.717, 1.165) is 22.2 Å². The third-order valence-electron chi connectivity index (χ3n) is 6.42. The highest BCUT2D eigenvalue weighted by atomic mass is 35.5. The summed E-state index contributed by atoms with van der Waals surface area (Å²) in [5, 5.41) is 19.6. The van der Waals surface area contributed by atoms with E-state index in [4.69, 9.17) is 20.8 Å². The zero-order valence-electron chi connectivity index (χ0n) is 22.4. The number of nitrogens with zero attached hydrogens (tertiary/aromatic N) is 4. The van der Waals surface area contributed by atoms with Gasteiger partial charge >= 0.3 is 5.69 Å². The molecule has 0 radical (unpaired) electrons. The number of nitro groups is 1. The highest BCUT2D eigenvalue weighted by Gasteiger charge is 2.22. The molecule has 1 amide bonds. The Bertz CT molecular complexity index is 2140. The number of rotatable bonds is 8. The van der Waals surface area contributed by atoms with Crippen molar-refractivity contribution in [2.45, 2.75) is 0 Å². The van der Waals surface area contributed by atoms with Crippen LogP contribution in [0.1, 0.15) is 5.56 Å². The molecule has 218 valence electrons. The number of anilines is 1. The minimum atomic E-state index is -0.730. The average Bonchev–Trinajstić information content (AvgIpc) is 3.44. The summed E-state index contributed by atoms with van der Waals surface area (Å²) < 4.78 is 25.8. The lowest BCUT2D eigenvalue weighted by Crippen LogP contribution is -2.21.